The fourth-order valence-electron chi connectivity index (χ4n) is 3.94. The van der Waals surface area contributed by atoms with E-state index in [4.69, 9.17) is 11.2 Å². The molecule has 1 heterocycles. The molecule has 0 atom stereocenters. The van der Waals surface area contributed by atoms with Crippen molar-refractivity contribution in [1.82, 2.24) is 4.57 Å². The van der Waals surface area contributed by atoms with E-state index in [1.54, 1.807) is 57.4 Å². The normalized spacial score (nSPS) is 10.6. The van der Waals surface area contributed by atoms with Crippen LogP contribution in [0.2, 0.25) is 0 Å². The zero-order valence-corrected chi connectivity index (χ0v) is 18.4. The molecule has 0 aliphatic carbocycles. The van der Waals surface area contributed by atoms with Crippen LogP contribution in [-0.4, -0.2) is 10.5 Å². The Labute approximate surface area is 190 Å². The van der Waals surface area contributed by atoms with Crippen molar-refractivity contribution in [2.45, 2.75) is 13.8 Å². The Morgan fingerprint density at radius 2 is 1.73 bits per heavy atom. The van der Waals surface area contributed by atoms with Gasteiger partial charge in [0.2, 0.25) is 0 Å². The lowest BCUT2D eigenvalue weighted by molar-refractivity contribution is -0.111. The van der Waals surface area contributed by atoms with Gasteiger partial charge in [-0.2, -0.15) is 0 Å². The fraction of sp³-hybridized carbons (Fsp3) is 0.111. The second-order valence-electron chi connectivity index (χ2n) is 7.75. The van der Waals surface area contributed by atoms with E-state index in [1.807, 2.05) is 12.1 Å². The first-order chi connectivity index (χ1) is 15.8. The third-order valence-corrected chi connectivity index (χ3v) is 5.40. The molecule has 0 bridgehead atoms. The lowest BCUT2D eigenvalue weighted by Gasteiger charge is -2.19. The van der Waals surface area contributed by atoms with Crippen LogP contribution in [0.15, 0.2) is 65.6 Å². The molecule has 3 aromatic carbocycles. The summed E-state index contributed by atoms with van der Waals surface area (Å²) in [7, 11) is 1.66. The first kappa shape index (κ1) is 21.8. The average molecular weight is 440 g/mol. The van der Waals surface area contributed by atoms with Crippen LogP contribution < -0.4 is 15.6 Å². The molecule has 0 radical (unpaired) electrons. The maximum absolute atomic E-state index is 13.8. The van der Waals surface area contributed by atoms with Crippen LogP contribution in [0.1, 0.15) is 11.1 Å². The van der Waals surface area contributed by atoms with Crippen LogP contribution in [0.4, 0.5) is 10.1 Å². The summed E-state index contributed by atoms with van der Waals surface area (Å²) >= 11 is 0. The number of rotatable bonds is 4. The smallest absolute Gasteiger partial charge is 0.300 e. The van der Waals surface area contributed by atoms with Gasteiger partial charge in [0.05, 0.1) is 11.3 Å². The van der Waals surface area contributed by atoms with E-state index in [-0.39, 0.29) is 11.4 Å². The molecule has 1 N–H and O–H groups in total. The summed E-state index contributed by atoms with van der Waals surface area (Å²) in [6, 6.07) is 15.2. The van der Waals surface area contributed by atoms with Gasteiger partial charge >= 0.3 is 0 Å². The van der Waals surface area contributed by atoms with Crippen molar-refractivity contribution in [3.05, 3.63) is 88.1 Å². The van der Waals surface area contributed by atoms with Crippen molar-refractivity contribution in [3.63, 3.8) is 0 Å². The highest BCUT2D eigenvalue weighted by molar-refractivity contribution is 6.08. The minimum atomic E-state index is -0.614. The monoisotopic (exact) mass is 440 g/mol. The van der Waals surface area contributed by atoms with Gasteiger partial charge in [-0.3, -0.25) is 9.59 Å². The van der Waals surface area contributed by atoms with Crippen molar-refractivity contribution in [3.8, 4) is 35.0 Å². The second-order valence-corrected chi connectivity index (χ2v) is 7.75. The molecule has 4 aromatic rings. The maximum atomic E-state index is 13.8. The van der Waals surface area contributed by atoms with Crippen molar-refractivity contribution in [2.24, 2.45) is 7.05 Å². The summed E-state index contributed by atoms with van der Waals surface area (Å²) in [6.45, 7) is 3.52. The third-order valence-electron chi connectivity index (χ3n) is 5.40. The molecule has 0 aliphatic rings. The van der Waals surface area contributed by atoms with E-state index < -0.39 is 5.91 Å². The molecule has 164 valence electrons. The molecule has 0 fully saturated rings. The number of nitrogens with zero attached hydrogens (tertiary/aromatic N) is 1. The molecular weight excluding hydrogens is 419 g/mol. The van der Waals surface area contributed by atoms with Crippen molar-refractivity contribution in [2.75, 3.05) is 5.32 Å². The van der Waals surface area contributed by atoms with Gasteiger partial charge < -0.3 is 14.6 Å². The highest BCUT2D eigenvalue weighted by Crippen LogP contribution is 2.42. The molecule has 4 rings (SSSR count). The number of hydrogen-bond donors (Lipinski definition) is 1. The number of pyridine rings is 1. The number of amides is 1. The summed E-state index contributed by atoms with van der Waals surface area (Å²) in [6.07, 6.45) is 6.98. The molecule has 5 nitrogen and oxygen atoms in total. The number of halogens is 1. The summed E-state index contributed by atoms with van der Waals surface area (Å²) in [5.41, 5.74) is 2.76. The molecule has 1 amide bonds. The molecule has 0 unspecified atom stereocenters. The van der Waals surface area contributed by atoms with Gasteiger partial charge in [-0.25, -0.2) is 4.39 Å². The number of hydrogen-bond acceptors (Lipinski definition) is 3. The Hall–Kier alpha value is -4.37. The van der Waals surface area contributed by atoms with Crippen LogP contribution in [-0.2, 0) is 11.8 Å². The average Bonchev–Trinajstić information content (AvgIpc) is 2.79. The molecule has 0 spiro atoms. The van der Waals surface area contributed by atoms with E-state index in [9.17, 15) is 14.0 Å². The van der Waals surface area contributed by atoms with E-state index in [0.29, 0.717) is 50.2 Å². The van der Waals surface area contributed by atoms with Gasteiger partial charge in [0.25, 0.3) is 11.5 Å². The van der Waals surface area contributed by atoms with Crippen LogP contribution in [0.25, 0.3) is 21.9 Å². The predicted molar refractivity (Wildman–Crippen MR) is 128 cm³/mol. The summed E-state index contributed by atoms with van der Waals surface area (Å²) in [4.78, 5) is 24.8. The van der Waals surface area contributed by atoms with Gasteiger partial charge in [-0.05, 0) is 66.6 Å². The molecule has 0 saturated heterocycles. The lowest BCUT2D eigenvalue weighted by atomic mass is 9.98. The third kappa shape index (κ3) is 4.09. The van der Waals surface area contributed by atoms with E-state index in [1.165, 1.54) is 16.7 Å². The zero-order chi connectivity index (χ0) is 23.7. The number of carbonyl (C=O) groups excluding carboxylic acids is 1. The number of nitrogens with one attached hydrogen (secondary N) is 1. The SMILES string of the molecule is C#CC(=O)Nc1cccc(Oc2c(C)cc(F)cc2C)c1-c1cn(C)c(=O)c2ccccc12. The molecule has 33 heavy (non-hydrogen) atoms. The van der Waals surface area contributed by atoms with E-state index >= 15 is 0 Å². The minimum Gasteiger partial charge on any atom is -0.456 e. The fourth-order valence-corrected chi connectivity index (χ4v) is 3.94. The standard InChI is InChI=1S/C27H21FN2O3/c1-5-24(31)29-22-11-8-12-23(33-26-16(2)13-18(28)14-17(26)3)25(22)21-15-30(4)27(32)20-10-7-6-9-19(20)21/h1,6-15H,2-4H3,(H,29,31). The summed E-state index contributed by atoms with van der Waals surface area (Å²) in [5.74, 6) is 2.02. The lowest BCUT2D eigenvalue weighted by Crippen LogP contribution is -2.17. The number of carbonyl (C=O) groups is 1. The Bertz CT molecular complexity index is 1490. The van der Waals surface area contributed by atoms with Crippen LogP contribution >= 0.6 is 0 Å². The number of aryl methyl sites for hydroxylation is 3. The van der Waals surface area contributed by atoms with Crippen molar-refractivity contribution in [1.29, 1.82) is 0 Å². The highest BCUT2D eigenvalue weighted by Gasteiger charge is 2.20. The molecular formula is C27H21FN2O3. The molecule has 0 aliphatic heterocycles. The van der Waals surface area contributed by atoms with Crippen LogP contribution in [0, 0.1) is 32.0 Å². The van der Waals surface area contributed by atoms with Crippen LogP contribution in [0.5, 0.6) is 11.5 Å². The van der Waals surface area contributed by atoms with Gasteiger partial charge in [-0.1, -0.05) is 24.3 Å². The van der Waals surface area contributed by atoms with Gasteiger partial charge in [0.15, 0.2) is 0 Å². The molecule has 0 saturated carbocycles. The Morgan fingerprint density at radius 1 is 1.06 bits per heavy atom. The Kier molecular flexibility index (Phi) is 5.72. The summed E-state index contributed by atoms with van der Waals surface area (Å²) < 4.78 is 21.6. The highest BCUT2D eigenvalue weighted by atomic mass is 19.1. The minimum absolute atomic E-state index is 0.146. The van der Waals surface area contributed by atoms with Crippen LogP contribution in [0.3, 0.4) is 0 Å². The topological polar surface area (TPSA) is 60.3 Å². The second kappa shape index (κ2) is 8.64. The molecule has 6 heteroatoms. The number of fused-ring (bicyclic) bond motifs is 1. The number of aromatic nitrogens is 1. The zero-order valence-electron chi connectivity index (χ0n) is 18.4. The van der Waals surface area contributed by atoms with Crippen molar-refractivity contribution < 1.29 is 13.9 Å². The Morgan fingerprint density at radius 3 is 2.39 bits per heavy atom. The number of benzene rings is 3. The van der Waals surface area contributed by atoms with Crippen molar-refractivity contribution >= 4 is 22.4 Å². The quantitative estimate of drug-likeness (QED) is 0.437. The van der Waals surface area contributed by atoms with E-state index in [2.05, 4.69) is 11.2 Å². The predicted octanol–water partition coefficient (Wildman–Crippen LogP) is 5.33. The number of anilines is 1. The number of terminal acetylenes is 1. The first-order valence-corrected chi connectivity index (χ1v) is 10.2. The van der Waals surface area contributed by atoms with Gasteiger partial charge in [-0.15, -0.1) is 6.42 Å². The number of ether oxygens (including phenoxy) is 1. The van der Waals surface area contributed by atoms with Gasteiger partial charge in [0, 0.05) is 24.2 Å². The maximum Gasteiger partial charge on any atom is 0.300 e. The Balaban J connectivity index is 2.03. The van der Waals surface area contributed by atoms with E-state index in [0.717, 1.165) is 0 Å². The first-order valence-electron chi connectivity index (χ1n) is 10.2. The van der Waals surface area contributed by atoms with Gasteiger partial charge in [0.1, 0.15) is 17.3 Å². The molecule has 1 aromatic heterocycles. The summed E-state index contributed by atoms with van der Waals surface area (Å²) in [5, 5.41) is 3.94. The largest absolute Gasteiger partial charge is 0.456 e.